The van der Waals surface area contributed by atoms with E-state index in [0.717, 1.165) is 24.1 Å². The number of aromatic nitrogens is 3. The maximum Gasteiger partial charge on any atom is 0.276 e. The van der Waals surface area contributed by atoms with Gasteiger partial charge in [0, 0.05) is 11.3 Å². The fourth-order valence-corrected chi connectivity index (χ4v) is 2.55. The highest BCUT2D eigenvalue weighted by atomic mass is 16.5. The van der Waals surface area contributed by atoms with E-state index in [9.17, 15) is 4.79 Å². The average molecular weight is 297 g/mol. The molecule has 114 valence electrons. The zero-order valence-corrected chi connectivity index (χ0v) is 12.8. The largest absolute Gasteiger partial charge is 0.478 e. The summed E-state index contributed by atoms with van der Waals surface area (Å²) in [7, 11) is 0. The van der Waals surface area contributed by atoms with Gasteiger partial charge in [-0.05, 0) is 32.3 Å². The highest BCUT2D eigenvalue weighted by Crippen LogP contribution is 2.16. The third-order valence-corrected chi connectivity index (χ3v) is 3.73. The lowest BCUT2D eigenvalue weighted by atomic mass is 10.1. The molecule has 0 saturated carbocycles. The van der Waals surface area contributed by atoms with Crippen LogP contribution in [-0.4, -0.2) is 21.2 Å². The van der Waals surface area contributed by atoms with Crippen molar-refractivity contribution in [2.45, 2.75) is 26.7 Å². The lowest BCUT2D eigenvalue weighted by Crippen LogP contribution is -2.15. The van der Waals surface area contributed by atoms with Gasteiger partial charge in [-0.2, -0.15) is 4.98 Å². The van der Waals surface area contributed by atoms with E-state index in [-0.39, 0.29) is 5.56 Å². The van der Waals surface area contributed by atoms with Crippen LogP contribution in [0.1, 0.15) is 23.7 Å². The molecular weight excluding hydrogens is 278 g/mol. The normalized spacial score (nSPS) is 11.0. The van der Waals surface area contributed by atoms with Crippen molar-refractivity contribution in [2.75, 3.05) is 6.61 Å². The van der Waals surface area contributed by atoms with E-state index in [1.807, 2.05) is 32.0 Å². The standard InChI is InChI=1S/C17H19N3O2/c1-3-22-15-11-16(21)20-17(18-15)12(2)14(19-20)10-9-13-7-5-4-6-8-13/h4-8,11,19H,3,9-10H2,1-2H3. The third kappa shape index (κ3) is 2.74. The van der Waals surface area contributed by atoms with Gasteiger partial charge in [-0.3, -0.25) is 9.89 Å². The monoisotopic (exact) mass is 297 g/mol. The molecule has 0 amide bonds. The molecule has 3 rings (SSSR count). The van der Waals surface area contributed by atoms with E-state index in [1.54, 1.807) is 0 Å². The predicted molar refractivity (Wildman–Crippen MR) is 85.6 cm³/mol. The molecule has 22 heavy (non-hydrogen) atoms. The van der Waals surface area contributed by atoms with Crippen LogP contribution in [0.15, 0.2) is 41.2 Å². The molecule has 0 aliphatic carbocycles. The highest BCUT2D eigenvalue weighted by Gasteiger charge is 2.12. The third-order valence-electron chi connectivity index (χ3n) is 3.73. The van der Waals surface area contributed by atoms with Gasteiger partial charge in [-0.1, -0.05) is 30.3 Å². The topological polar surface area (TPSA) is 59.4 Å². The Labute approximate surface area is 128 Å². The van der Waals surface area contributed by atoms with Crippen LogP contribution < -0.4 is 10.3 Å². The summed E-state index contributed by atoms with van der Waals surface area (Å²) >= 11 is 0. The van der Waals surface area contributed by atoms with Gasteiger partial charge in [0.05, 0.1) is 12.7 Å². The Morgan fingerprint density at radius 2 is 2.00 bits per heavy atom. The molecule has 1 N–H and O–H groups in total. The summed E-state index contributed by atoms with van der Waals surface area (Å²) in [6, 6.07) is 11.7. The molecule has 0 aliphatic heterocycles. The van der Waals surface area contributed by atoms with E-state index in [1.165, 1.54) is 16.1 Å². The second kappa shape index (κ2) is 6.05. The lowest BCUT2D eigenvalue weighted by Gasteiger charge is -2.01. The zero-order chi connectivity index (χ0) is 15.5. The van der Waals surface area contributed by atoms with E-state index in [0.29, 0.717) is 18.1 Å². The number of aryl methyl sites for hydroxylation is 3. The van der Waals surface area contributed by atoms with Crippen LogP contribution in [0.3, 0.4) is 0 Å². The van der Waals surface area contributed by atoms with Gasteiger partial charge >= 0.3 is 0 Å². The molecule has 2 heterocycles. The smallest absolute Gasteiger partial charge is 0.276 e. The molecule has 0 radical (unpaired) electrons. The van der Waals surface area contributed by atoms with Crippen LogP contribution >= 0.6 is 0 Å². The maximum atomic E-state index is 12.1. The Bertz CT molecular complexity index is 834. The molecular formula is C17H19N3O2. The zero-order valence-electron chi connectivity index (χ0n) is 12.8. The number of aromatic amines is 1. The minimum absolute atomic E-state index is 0.150. The van der Waals surface area contributed by atoms with Crippen LogP contribution in [0.25, 0.3) is 5.65 Å². The number of benzene rings is 1. The Morgan fingerprint density at radius 3 is 2.73 bits per heavy atom. The molecule has 0 spiro atoms. The van der Waals surface area contributed by atoms with Crippen LogP contribution in [0, 0.1) is 6.92 Å². The number of hydrogen-bond acceptors (Lipinski definition) is 3. The average Bonchev–Trinajstić information content (AvgIpc) is 2.84. The summed E-state index contributed by atoms with van der Waals surface area (Å²) in [4.78, 5) is 16.5. The predicted octanol–water partition coefficient (Wildman–Crippen LogP) is 2.51. The van der Waals surface area contributed by atoms with Gasteiger partial charge < -0.3 is 4.74 Å². The van der Waals surface area contributed by atoms with Gasteiger partial charge in [0.15, 0.2) is 5.65 Å². The Balaban J connectivity index is 1.92. The summed E-state index contributed by atoms with van der Waals surface area (Å²) in [6.07, 6.45) is 1.75. The number of nitrogens with zero attached hydrogens (tertiary/aromatic N) is 2. The molecule has 5 heteroatoms. The summed E-state index contributed by atoms with van der Waals surface area (Å²) in [5, 5.41) is 3.16. The number of hydrogen-bond donors (Lipinski definition) is 1. The molecule has 0 unspecified atom stereocenters. The van der Waals surface area contributed by atoms with Crippen molar-refractivity contribution in [1.82, 2.24) is 14.6 Å². The molecule has 5 nitrogen and oxygen atoms in total. The van der Waals surface area contributed by atoms with Crippen molar-refractivity contribution in [3.8, 4) is 5.88 Å². The van der Waals surface area contributed by atoms with Crippen LogP contribution in [0.5, 0.6) is 5.88 Å². The Kier molecular flexibility index (Phi) is 3.96. The first-order valence-electron chi connectivity index (χ1n) is 7.47. The van der Waals surface area contributed by atoms with Gasteiger partial charge in [0.1, 0.15) is 0 Å². The van der Waals surface area contributed by atoms with Crippen molar-refractivity contribution in [1.29, 1.82) is 0 Å². The second-order valence-corrected chi connectivity index (χ2v) is 5.23. The summed E-state index contributed by atoms with van der Waals surface area (Å²) in [6.45, 7) is 4.35. The molecule has 0 fully saturated rings. The fraction of sp³-hybridized carbons (Fsp3) is 0.294. The SMILES string of the molecule is CCOc1cc(=O)n2[nH]c(CCc3ccccc3)c(C)c2n1. The number of rotatable bonds is 5. The van der Waals surface area contributed by atoms with E-state index < -0.39 is 0 Å². The van der Waals surface area contributed by atoms with E-state index in [4.69, 9.17) is 4.74 Å². The summed E-state index contributed by atoms with van der Waals surface area (Å²) < 4.78 is 6.83. The number of nitrogens with one attached hydrogen (secondary N) is 1. The van der Waals surface area contributed by atoms with Crippen molar-refractivity contribution in [3.05, 3.63) is 63.6 Å². The molecule has 0 bridgehead atoms. The minimum atomic E-state index is -0.150. The Morgan fingerprint density at radius 1 is 1.23 bits per heavy atom. The van der Waals surface area contributed by atoms with Crippen molar-refractivity contribution < 1.29 is 4.74 Å². The van der Waals surface area contributed by atoms with Crippen LogP contribution in [0.2, 0.25) is 0 Å². The number of ether oxygens (including phenoxy) is 1. The molecule has 0 aliphatic rings. The van der Waals surface area contributed by atoms with Crippen LogP contribution in [-0.2, 0) is 12.8 Å². The summed E-state index contributed by atoms with van der Waals surface area (Å²) in [5.74, 6) is 0.379. The van der Waals surface area contributed by atoms with Crippen molar-refractivity contribution in [2.24, 2.45) is 0 Å². The van der Waals surface area contributed by atoms with Gasteiger partial charge in [0.2, 0.25) is 5.88 Å². The minimum Gasteiger partial charge on any atom is -0.478 e. The molecule has 2 aromatic heterocycles. The quantitative estimate of drug-likeness (QED) is 0.787. The van der Waals surface area contributed by atoms with Crippen molar-refractivity contribution >= 4 is 5.65 Å². The molecule has 0 saturated heterocycles. The first-order chi connectivity index (χ1) is 10.7. The van der Waals surface area contributed by atoms with Gasteiger partial charge in [0.25, 0.3) is 5.56 Å². The number of fused-ring (bicyclic) bond motifs is 1. The first kappa shape index (κ1) is 14.4. The highest BCUT2D eigenvalue weighted by molar-refractivity contribution is 5.50. The van der Waals surface area contributed by atoms with Gasteiger partial charge in [-0.25, -0.2) is 4.52 Å². The first-order valence-corrected chi connectivity index (χ1v) is 7.47. The molecule has 0 atom stereocenters. The van der Waals surface area contributed by atoms with E-state index in [2.05, 4.69) is 22.2 Å². The Hall–Kier alpha value is -2.56. The maximum absolute atomic E-state index is 12.1. The van der Waals surface area contributed by atoms with Crippen LogP contribution in [0.4, 0.5) is 0 Å². The lowest BCUT2D eigenvalue weighted by molar-refractivity contribution is 0.326. The van der Waals surface area contributed by atoms with Crippen molar-refractivity contribution in [3.63, 3.8) is 0 Å². The number of H-pyrrole nitrogens is 1. The molecule has 1 aromatic carbocycles. The second-order valence-electron chi connectivity index (χ2n) is 5.23. The fourth-order valence-electron chi connectivity index (χ4n) is 2.55. The molecule has 3 aromatic rings. The van der Waals surface area contributed by atoms with Gasteiger partial charge in [-0.15, -0.1) is 0 Å². The summed E-state index contributed by atoms with van der Waals surface area (Å²) in [5.41, 5.74) is 3.79. The van der Waals surface area contributed by atoms with E-state index >= 15 is 0 Å².